The minimum atomic E-state index is -0.195. The summed E-state index contributed by atoms with van der Waals surface area (Å²) in [6, 6.07) is 9.83. The van der Waals surface area contributed by atoms with Crippen molar-refractivity contribution >= 4 is 11.6 Å². The molecule has 2 aromatic carbocycles. The molecule has 0 spiro atoms. The van der Waals surface area contributed by atoms with Gasteiger partial charge in [-0.3, -0.25) is 9.69 Å². The van der Waals surface area contributed by atoms with Gasteiger partial charge in [-0.05, 0) is 69.0 Å². The van der Waals surface area contributed by atoms with E-state index in [1.165, 1.54) is 0 Å². The first-order chi connectivity index (χ1) is 12.7. The van der Waals surface area contributed by atoms with Crippen molar-refractivity contribution in [2.75, 3.05) is 12.0 Å². The van der Waals surface area contributed by atoms with Crippen LogP contribution in [-0.2, 0) is 4.79 Å². The zero-order valence-corrected chi connectivity index (χ0v) is 16.9. The molecule has 0 unspecified atom stereocenters. The second-order valence-electron chi connectivity index (χ2n) is 7.38. The molecule has 1 atom stereocenters. The number of carbonyl (C=O) groups is 1. The van der Waals surface area contributed by atoms with Gasteiger partial charge < -0.3 is 9.47 Å². The van der Waals surface area contributed by atoms with Crippen molar-refractivity contribution in [2.45, 2.75) is 46.8 Å². The summed E-state index contributed by atoms with van der Waals surface area (Å²) >= 11 is 0. The van der Waals surface area contributed by atoms with E-state index in [0.717, 1.165) is 39.4 Å². The summed E-state index contributed by atoms with van der Waals surface area (Å²) < 4.78 is 11.4. The molecule has 0 bridgehead atoms. The summed E-state index contributed by atoms with van der Waals surface area (Å²) in [5.74, 6) is 1.56. The molecule has 1 amide bonds. The Morgan fingerprint density at radius 2 is 1.74 bits per heavy atom. The van der Waals surface area contributed by atoms with Crippen LogP contribution in [0.2, 0.25) is 0 Å². The number of ether oxygens (including phenoxy) is 2. The largest absolute Gasteiger partial charge is 0.496 e. The van der Waals surface area contributed by atoms with E-state index >= 15 is 0 Å². The van der Waals surface area contributed by atoms with Crippen molar-refractivity contribution in [1.29, 1.82) is 0 Å². The highest BCUT2D eigenvalue weighted by molar-refractivity contribution is 6.15. The average Bonchev–Trinajstić information content (AvgIpc) is 2.62. The maximum Gasteiger partial charge on any atom is 0.256 e. The van der Waals surface area contributed by atoms with E-state index in [9.17, 15) is 4.79 Å². The molecule has 27 heavy (non-hydrogen) atoms. The number of anilines is 1. The maximum atomic E-state index is 12.6. The molecule has 3 rings (SSSR count). The molecule has 1 aliphatic heterocycles. The smallest absolute Gasteiger partial charge is 0.256 e. The van der Waals surface area contributed by atoms with Crippen molar-refractivity contribution in [2.24, 2.45) is 0 Å². The third kappa shape index (κ3) is 3.32. The Morgan fingerprint density at radius 3 is 2.37 bits per heavy atom. The van der Waals surface area contributed by atoms with Crippen LogP contribution >= 0.6 is 0 Å². The Morgan fingerprint density at radius 1 is 1.04 bits per heavy atom. The molecule has 0 radical (unpaired) electrons. The van der Waals surface area contributed by atoms with Gasteiger partial charge in [0.1, 0.15) is 11.5 Å². The maximum absolute atomic E-state index is 12.6. The molecular formula is C23H27NO3. The molecule has 0 aromatic heterocycles. The van der Waals surface area contributed by atoms with Crippen LogP contribution in [-0.4, -0.2) is 19.1 Å². The first-order valence-corrected chi connectivity index (χ1v) is 9.19. The van der Waals surface area contributed by atoms with E-state index in [2.05, 4.69) is 6.58 Å². The van der Waals surface area contributed by atoms with E-state index in [1.807, 2.05) is 65.0 Å². The number of benzene rings is 2. The number of carbonyl (C=O) groups excluding carboxylic acids is 1. The highest BCUT2D eigenvalue weighted by Crippen LogP contribution is 2.44. The van der Waals surface area contributed by atoms with Gasteiger partial charge in [-0.15, -0.1) is 0 Å². The van der Waals surface area contributed by atoms with Crippen LogP contribution in [0.5, 0.6) is 11.5 Å². The zero-order valence-electron chi connectivity index (χ0n) is 16.9. The Kier molecular flexibility index (Phi) is 5.01. The molecule has 0 saturated carbocycles. The van der Waals surface area contributed by atoms with E-state index in [-0.39, 0.29) is 18.1 Å². The lowest BCUT2D eigenvalue weighted by Crippen LogP contribution is -2.48. The summed E-state index contributed by atoms with van der Waals surface area (Å²) in [6.45, 7) is 14.1. The molecule has 2 aromatic rings. The lowest BCUT2D eigenvalue weighted by molar-refractivity contribution is -0.118. The van der Waals surface area contributed by atoms with E-state index in [0.29, 0.717) is 5.57 Å². The quantitative estimate of drug-likeness (QED) is 0.550. The third-order valence-electron chi connectivity index (χ3n) is 5.07. The highest BCUT2D eigenvalue weighted by Gasteiger charge is 2.43. The number of hydrogen-bond donors (Lipinski definition) is 0. The Labute approximate surface area is 161 Å². The summed E-state index contributed by atoms with van der Waals surface area (Å²) in [5.41, 5.74) is 5.64. The Bertz CT molecular complexity index is 914. The topological polar surface area (TPSA) is 38.8 Å². The highest BCUT2D eigenvalue weighted by atomic mass is 16.5. The fourth-order valence-corrected chi connectivity index (χ4v) is 3.42. The molecule has 4 nitrogen and oxygen atoms in total. The van der Waals surface area contributed by atoms with Crippen molar-refractivity contribution in [3.8, 4) is 11.5 Å². The molecule has 0 N–H and O–H groups in total. The molecule has 1 fully saturated rings. The van der Waals surface area contributed by atoms with Crippen LogP contribution in [0, 0.1) is 20.8 Å². The minimum absolute atomic E-state index is 0.0581. The number of amides is 1. The standard InChI is InChI=1S/C23H27NO3/c1-13(2)27-20-11-18(9-8-14(20)3)22-17(6)23(25)24(22)19-10-15(4)16(5)21(12-19)26-7/h8-13,22H,6H2,1-5,7H3/t22-/m1/s1. The third-order valence-corrected chi connectivity index (χ3v) is 5.07. The second-order valence-corrected chi connectivity index (χ2v) is 7.38. The fraction of sp³-hybridized carbons (Fsp3) is 0.348. The summed E-state index contributed by atoms with van der Waals surface area (Å²) in [5, 5.41) is 0. The van der Waals surface area contributed by atoms with Crippen LogP contribution in [0.3, 0.4) is 0 Å². The predicted octanol–water partition coefficient (Wildman–Crippen LogP) is 5.05. The summed E-state index contributed by atoms with van der Waals surface area (Å²) in [6.07, 6.45) is 0.0882. The van der Waals surface area contributed by atoms with Crippen LogP contribution in [0.4, 0.5) is 5.69 Å². The lowest BCUT2D eigenvalue weighted by Gasteiger charge is -2.43. The number of rotatable bonds is 5. The fourth-order valence-electron chi connectivity index (χ4n) is 3.42. The van der Waals surface area contributed by atoms with Crippen LogP contribution in [0.25, 0.3) is 0 Å². The number of aryl methyl sites for hydroxylation is 2. The van der Waals surface area contributed by atoms with Gasteiger partial charge in [-0.2, -0.15) is 0 Å². The predicted molar refractivity (Wildman–Crippen MR) is 109 cm³/mol. The molecule has 142 valence electrons. The summed E-state index contributed by atoms with van der Waals surface area (Å²) in [7, 11) is 1.65. The number of β-lactam (4-membered cyclic amide) rings is 1. The SMILES string of the molecule is C=C1C(=O)N(c2cc(C)c(C)c(OC)c2)[C@H]1c1ccc(C)c(OC(C)C)c1. The Balaban J connectivity index is 2.02. The molecule has 1 aliphatic rings. The first-order valence-electron chi connectivity index (χ1n) is 9.19. The number of methoxy groups -OCH3 is 1. The van der Waals surface area contributed by atoms with Gasteiger partial charge in [0.25, 0.3) is 5.91 Å². The van der Waals surface area contributed by atoms with Gasteiger partial charge in [0.15, 0.2) is 0 Å². The van der Waals surface area contributed by atoms with Crippen molar-refractivity contribution in [3.05, 3.63) is 64.7 Å². The van der Waals surface area contributed by atoms with E-state index in [1.54, 1.807) is 12.0 Å². The van der Waals surface area contributed by atoms with Crippen LogP contribution < -0.4 is 14.4 Å². The van der Waals surface area contributed by atoms with E-state index in [4.69, 9.17) is 9.47 Å². The first kappa shape index (κ1) is 19.0. The molecule has 0 aliphatic carbocycles. The zero-order chi connectivity index (χ0) is 19.9. The van der Waals surface area contributed by atoms with Gasteiger partial charge in [-0.25, -0.2) is 0 Å². The van der Waals surface area contributed by atoms with Crippen LogP contribution in [0.15, 0.2) is 42.5 Å². The molecule has 4 heteroatoms. The van der Waals surface area contributed by atoms with Crippen molar-refractivity contribution in [3.63, 3.8) is 0 Å². The van der Waals surface area contributed by atoms with Gasteiger partial charge in [0.05, 0.1) is 19.3 Å². The molecule has 1 saturated heterocycles. The number of hydrogen-bond acceptors (Lipinski definition) is 3. The molecule has 1 heterocycles. The minimum Gasteiger partial charge on any atom is -0.496 e. The van der Waals surface area contributed by atoms with E-state index < -0.39 is 0 Å². The normalized spacial score (nSPS) is 16.6. The second kappa shape index (κ2) is 7.10. The number of nitrogens with zero attached hydrogens (tertiary/aromatic N) is 1. The van der Waals surface area contributed by atoms with Gasteiger partial charge in [-0.1, -0.05) is 18.7 Å². The van der Waals surface area contributed by atoms with Crippen LogP contribution in [0.1, 0.15) is 42.1 Å². The Hall–Kier alpha value is -2.75. The van der Waals surface area contributed by atoms with Gasteiger partial charge in [0, 0.05) is 17.3 Å². The van der Waals surface area contributed by atoms with Crippen molar-refractivity contribution in [1.82, 2.24) is 0 Å². The summed E-state index contributed by atoms with van der Waals surface area (Å²) in [4.78, 5) is 14.4. The lowest BCUT2D eigenvalue weighted by atomic mass is 9.87. The monoisotopic (exact) mass is 365 g/mol. The molecular weight excluding hydrogens is 338 g/mol. The van der Waals surface area contributed by atoms with Gasteiger partial charge >= 0.3 is 0 Å². The average molecular weight is 365 g/mol. The van der Waals surface area contributed by atoms with Gasteiger partial charge in [0.2, 0.25) is 0 Å². The van der Waals surface area contributed by atoms with Crippen molar-refractivity contribution < 1.29 is 14.3 Å².